The van der Waals surface area contributed by atoms with Crippen LogP contribution in [0.5, 0.6) is 23.0 Å². The highest BCUT2D eigenvalue weighted by Crippen LogP contribution is 2.50. The Balaban J connectivity index is 1.91. The van der Waals surface area contributed by atoms with E-state index in [9.17, 15) is 10.2 Å². The van der Waals surface area contributed by atoms with Crippen LogP contribution in [0, 0.1) is 11.8 Å². The zero-order valence-electron chi connectivity index (χ0n) is 14.9. The quantitative estimate of drug-likeness (QED) is 0.870. The Morgan fingerprint density at radius 3 is 1.52 bits per heavy atom. The van der Waals surface area contributed by atoms with Crippen molar-refractivity contribution in [3.63, 3.8) is 0 Å². The molecule has 0 unspecified atom stereocenters. The van der Waals surface area contributed by atoms with Gasteiger partial charge >= 0.3 is 0 Å². The number of hydrogen-bond acceptors (Lipinski definition) is 5. The van der Waals surface area contributed by atoms with Gasteiger partial charge in [0.25, 0.3) is 0 Å². The summed E-state index contributed by atoms with van der Waals surface area (Å²) in [6.07, 6.45) is -0.205. The molecule has 0 spiro atoms. The third kappa shape index (κ3) is 3.12. The van der Waals surface area contributed by atoms with Crippen LogP contribution in [0.4, 0.5) is 0 Å². The fourth-order valence-corrected chi connectivity index (χ4v) is 3.46. The molecular formula is C20H24O5. The predicted octanol–water partition coefficient (Wildman–Crippen LogP) is 4.20. The van der Waals surface area contributed by atoms with Crippen molar-refractivity contribution in [1.29, 1.82) is 0 Å². The molecule has 1 fully saturated rings. The molecule has 5 heteroatoms. The average Bonchev–Trinajstić information content (AvgIpc) is 2.91. The Bertz CT molecular complexity index is 694. The van der Waals surface area contributed by atoms with E-state index in [4.69, 9.17) is 14.2 Å². The summed E-state index contributed by atoms with van der Waals surface area (Å²) in [7, 11) is 3.07. The number of ether oxygens (including phenoxy) is 3. The Morgan fingerprint density at radius 2 is 1.16 bits per heavy atom. The lowest BCUT2D eigenvalue weighted by Crippen LogP contribution is -2.10. The molecule has 1 saturated heterocycles. The van der Waals surface area contributed by atoms with Gasteiger partial charge in [0, 0.05) is 0 Å². The van der Waals surface area contributed by atoms with E-state index >= 15 is 0 Å². The summed E-state index contributed by atoms with van der Waals surface area (Å²) < 4.78 is 16.8. The second kappa shape index (κ2) is 6.84. The van der Waals surface area contributed by atoms with Crippen molar-refractivity contribution < 1.29 is 24.4 Å². The van der Waals surface area contributed by atoms with Crippen LogP contribution in [0.25, 0.3) is 0 Å². The van der Waals surface area contributed by atoms with Gasteiger partial charge in [0.1, 0.15) is 0 Å². The standard InChI is InChI=1S/C20H24O5/c1-11-12(2)20(14-6-8-16(22)18(10-14)24-4)25-19(11)13-5-7-15(21)17(9-13)23-3/h5-12,19-22H,1-4H3/t11-,12-,19-,20-/m0/s1. The summed E-state index contributed by atoms with van der Waals surface area (Å²) in [5.41, 5.74) is 1.95. The summed E-state index contributed by atoms with van der Waals surface area (Å²) in [4.78, 5) is 0. The molecule has 2 N–H and O–H groups in total. The SMILES string of the molecule is COc1cc([C@H]2O[C@H](c3ccc(O)c(OC)c3)[C@@H](C)[C@@H]2C)ccc1O. The van der Waals surface area contributed by atoms with E-state index in [1.807, 2.05) is 24.3 Å². The van der Waals surface area contributed by atoms with Crippen LogP contribution < -0.4 is 9.47 Å². The minimum atomic E-state index is -0.103. The van der Waals surface area contributed by atoms with Crippen LogP contribution in [0.1, 0.15) is 37.2 Å². The van der Waals surface area contributed by atoms with Crippen LogP contribution in [0.3, 0.4) is 0 Å². The molecule has 2 aromatic carbocycles. The lowest BCUT2D eigenvalue weighted by Gasteiger charge is -2.18. The van der Waals surface area contributed by atoms with Crippen molar-refractivity contribution in [3.05, 3.63) is 47.5 Å². The van der Waals surface area contributed by atoms with Crippen molar-refractivity contribution in [3.8, 4) is 23.0 Å². The molecule has 4 atom stereocenters. The monoisotopic (exact) mass is 344 g/mol. The first kappa shape index (κ1) is 17.4. The van der Waals surface area contributed by atoms with Gasteiger partial charge < -0.3 is 24.4 Å². The van der Waals surface area contributed by atoms with Gasteiger partial charge in [0.2, 0.25) is 0 Å². The predicted molar refractivity (Wildman–Crippen MR) is 94.2 cm³/mol. The highest BCUT2D eigenvalue weighted by molar-refractivity contribution is 5.44. The zero-order valence-corrected chi connectivity index (χ0v) is 14.9. The van der Waals surface area contributed by atoms with E-state index in [1.54, 1.807) is 12.1 Å². The van der Waals surface area contributed by atoms with E-state index < -0.39 is 0 Å². The maximum Gasteiger partial charge on any atom is 0.160 e. The number of methoxy groups -OCH3 is 2. The van der Waals surface area contributed by atoms with Crippen molar-refractivity contribution in [2.45, 2.75) is 26.1 Å². The number of hydrogen-bond donors (Lipinski definition) is 2. The number of aromatic hydroxyl groups is 2. The van der Waals surface area contributed by atoms with E-state index in [-0.39, 0.29) is 35.5 Å². The van der Waals surface area contributed by atoms with Gasteiger partial charge in [-0.25, -0.2) is 0 Å². The largest absolute Gasteiger partial charge is 0.504 e. The lowest BCUT2D eigenvalue weighted by molar-refractivity contribution is 0.0288. The van der Waals surface area contributed by atoms with Gasteiger partial charge in [-0.05, 0) is 47.2 Å². The van der Waals surface area contributed by atoms with Gasteiger partial charge in [-0.3, -0.25) is 0 Å². The second-order valence-electron chi connectivity index (χ2n) is 6.56. The second-order valence-corrected chi connectivity index (χ2v) is 6.56. The van der Waals surface area contributed by atoms with Crippen molar-refractivity contribution in [1.82, 2.24) is 0 Å². The summed E-state index contributed by atoms with van der Waals surface area (Å²) >= 11 is 0. The Morgan fingerprint density at radius 1 is 0.760 bits per heavy atom. The summed E-state index contributed by atoms with van der Waals surface area (Å²) in [6, 6.07) is 10.6. The van der Waals surface area contributed by atoms with Gasteiger partial charge in [-0.1, -0.05) is 26.0 Å². The van der Waals surface area contributed by atoms with Crippen LogP contribution >= 0.6 is 0 Å². The van der Waals surface area contributed by atoms with Gasteiger partial charge in [-0.15, -0.1) is 0 Å². The smallest absolute Gasteiger partial charge is 0.160 e. The van der Waals surface area contributed by atoms with E-state index in [2.05, 4.69) is 13.8 Å². The highest BCUT2D eigenvalue weighted by atomic mass is 16.5. The Labute approximate surface area is 147 Å². The third-order valence-corrected chi connectivity index (χ3v) is 5.14. The normalized spacial score (nSPS) is 25.8. The third-order valence-electron chi connectivity index (χ3n) is 5.14. The molecule has 0 aromatic heterocycles. The molecule has 0 bridgehead atoms. The molecule has 2 aromatic rings. The fraction of sp³-hybridized carbons (Fsp3) is 0.400. The van der Waals surface area contributed by atoms with Crippen LogP contribution in [0.15, 0.2) is 36.4 Å². The number of phenols is 2. The number of phenolic OH excluding ortho intramolecular Hbond substituents is 2. The zero-order chi connectivity index (χ0) is 18.1. The molecule has 0 radical (unpaired) electrons. The van der Waals surface area contributed by atoms with Gasteiger partial charge in [0.15, 0.2) is 23.0 Å². The molecule has 0 aliphatic carbocycles. The molecule has 0 amide bonds. The maximum atomic E-state index is 9.81. The Hall–Kier alpha value is -2.40. The van der Waals surface area contributed by atoms with Crippen molar-refractivity contribution in [2.24, 2.45) is 11.8 Å². The first-order valence-electron chi connectivity index (χ1n) is 8.35. The molecule has 1 heterocycles. The van der Waals surface area contributed by atoms with Gasteiger partial charge in [0.05, 0.1) is 26.4 Å². The fourth-order valence-electron chi connectivity index (χ4n) is 3.46. The first-order valence-corrected chi connectivity index (χ1v) is 8.35. The summed E-state index contributed by atoms with van der Waals surface area (Å²) in [6.45, 7) is 4.32. The minimum absolute atomic E-state index is 0.103. The molecular weight excluding hydrogens is 320 g/mol. The summed E-state index contributed by atoms with van der Waals surface area (Å²) in [5, 5.41) is 19.6. The molecule has 25 heavy (non-hydrogen) atoms. The van der Waals surface area contributed by atoms with Crippen molar-refractivity contribution >= 4 is 0 Å². The van der Waals surface area contributed by atoms with Crippen LogP contribution in [-0.2, 0) is 4.74 Å². The maximum absolute atomic E-state index is 9.81. The lowest BCUT2D eigenvalue weighted by atomic mass is 9.85. The molecule has 1 aliphatic rings. The van der Waals surface area contributed by atoms with Gasteiger partial charge in [-0.2, -0.15) is 0 Å². The average molecular weight is 344 g/mol. The van der Waals surface area contributed by atoms with E-state index in [0.29, 0.717) is 11.5 Å². The number of rotatable bonds is 4. The molecule has 5 nitrogen and oxygen atoms in total. The molecule has 0 saturated carbocycles. The molecule has 134 valence electrons. The van der Waals surface area contributed by atoms with Crippen LogP contribution in [0.2, 0.25) is 0 Å². The van der Waals surface area contributed by atoms with E-state index in [1.165, 1.54) is 14.2 Å². The topological polar surface area (TPSA) is 68.2 Å². The Kier molecular flexibility index (Phi) is 4.77. The minimum Gasteiger partial charge on any atom is -0.504 e. The number of benzene rings is 2. The molecule has 1 aliphatic heterocycles. The van der Waals surface area contributed by atoms with Crippen molar-refractivity contribution in [2.75, 3.05) is 14.2 Å². The first-order chi connectivity index (χ1) is 12.0. The van der Waals surface area contributed by atoms with Crippen LogP contribution in [-0.4, -0.2) is 24.4 Å². The summed E-state index contributed by atoms with van der Waals surface area (Å²) in [5.74, 6) is 1.67. The molecule has 3 rings (SSSR count). The van der Waals surface area contributed by atoms with E-state index in [0.717, 1.165) is 11.1 Å². The highest BCUT2D eigenvalue weighted by Gasteiger charge is 2.41.